The number of hydrogen-bond donors (Lipinski definition) is 2. The lowest BCUT2D eigenvalue weighted by Gasteiger charge is -2.18. The summed E-state index contributed by atoms with van der Waals surface area (Å²) < 4.78 is 38.1. The first-order valence-corrected chi connectivity index (χ1v) is 7.31. The third-order valence-electron chi connectivity index (χ3n) is 3.22. The lowest BCUT2D eigenvalue weighted by Crippen LogP contribution is -2.34. The Kier molecular flexibility index (Phi) is 4.87. The molecule has 1 aromatic rings. The fourth-order valence-corrected chi connectivity index (χ4v) is 2.06. The van der Waals surface area contributed by atoms with Gasteiger partial charge in [0.1, 0.15) is 6.04 Å². The molecule has 0 saturated heterocycles. The van der Waals surface area contributed by atoms with Crippen LogP contribution in [0.4, 0.5) is 25.1 Å². The van der Waals surface area contributed by atoms with Gasteiger partial charge in [-0.2, -0.15) is 28.1 Å². The highest BCUT2D eigenvalue weighted by Crippen LogP contribution is 2.27. The van der Waals surface area contributed by atoms with Crippen LogP contribution in [-0.2, 0) is 0 Å². The molecule has 2 N–H and O–H groups in total. The number of hydrogen-bond acceptors (Lipinski definition) is 5. The lowest BCUT2D eigenvalue weighted by molar-refractivity contribution is -0.138. The van der Waals surface area contributed by atoms with Gasteiger partial charge in [-0.25, -0.2) is 0 Å². The number of anilines is 2. The molecule has 0 unspecified atom stereocenters. The summed E-state index contributed by atoms with van der Waals surface area (Å²) in [6.07, 6.45) is 0.446. The van der Waals surface area contributed by atoms with Crippen LogP contribution in [-0.4, -0.2) is 33.2 Å². The van der Waals surface area contributed by atoms with E-state index in [2.05, 4.69) is 25.6 Å². The van der Waals surface area contributed by atoms with Gasteiger partial charge in [0, 0.05) is 6.04 Å². The van der Waals surface area contributed by atoms with Crippen LogP contribution in [0, 0.1) is 0 Å². The van der Waals surface area contributed by atoms with Gasteiger partial charge in [-0.3, -0.25) is 0 Å². The van der Waals surface area contributed by atoms with Crippen LogP contribution in [0.1, 0.15) is 45.9 Å². The smallest absolute Gasteiger partial charge is 0.352 e. The van der Waals surface area contributed by atoms with E-state index in [0.29, 0.717) is 5.82 Å². The van der Waals surface area contributed by atoms with Gasteiger partial charge in [-0.05, 0) is 45.6 Å². The molecule has 0 saturated carbocycles. The highest BCUT2D eigenvalue weighted by Gasteiger charge is 2.36. The monoisotopic (exact) mass is 315 g/mol. The van der Waals surface area contributed by atoms with Crippen LogP contribution < -0.4 is 10.6 Å². The van der Waals surface area contributed by atoms with E-state index < -0.39 is 12.2 Å². The Hall–Kier alpha value is -1.86. The molecule has 22 heavy (non-hydrogen) atoms. The summed E-state index contributed by atoms with van der Waals surface area (Å²) in [6, 6.07) is -1.66. The maximum absolute atomic E-state index is 12.7. The van der Waals surface area contributed by atoms with Crippen LogP contribution in [0.2, 0.25) is 0 Å². The predicted octanol–water partition coefficient (Wildman–Crippen LogP) is 3.62. The molecule has 122 valence electrons. The second-order valence-electron chi connectivity index (χ2n) is 5.63. The normalized spacial score (nSPS) is 16.6. The minimum absolute atomic E-state index is 0.0641. The zero-order valence-electron chi connectivity index (χ0n) is 12.8. The molecule has 2 rings (SSSR count). The van der Waals surface area contributed by atoms with Crippen LogP contribution in [0.5, 0.6) is 0 Å². The molecule has 0 amide bonds. The number of alkyl halides is 3. The van der Waals surface area contributed by atoms with E-state index in [1.807, 2.05) is 19.9 Å². The SMILES string of the molecule is CC(C)Nc1nc(N[C@H](C)C(F)(F)F)nc(C2=CCCC2)n1. The summed E-state index contributed by atoms with van der Waals surface area (Å²) in [5.41, 5.74) is 0.955. The van der Waals surface area contributed by atoms with Crippen molar-refractivity contribution in [1.82, 2.24) is 15.0 Å². The second-order valence-corrected chi connectivity index (χ2v) is 5.63. The maximum atomic E-state index is 12.7. The van der Waals surface area contributed by atoms with Crippen molar-refractivity contribution in [3.8, 4) is 0 Å². The van der Waals surface area contributed by atoms with Crippen molar-refractivity contribution in [2.24, 2.45) is 0 Å². The molecule has 0 radical (unpaired) electrons. The molecule has 0 aliphatic heterocycles. The Morgan fingerprint density at radius 3 is 2.18 bits per heavy atom. The molecule has 0 spiro atoms. The number of allylic oxidation sites excluding steroid dienone is 2. The average Bonchev–Trinajstić information content (AvgIpc) is 2.90. The molecular weight excluding hydrogens is 295 g/mol. The van der Waals surface area contributed by atoms with Crippen molar-refractivity contribution in [2.45, 2.75) is 58.3 Å². The maximum Gasteiger partial charge on any atom is 0.408 e. The van der Waals surface area contributed by atoms with Crippen molar-refractivity contribution in [3.05, 3.63) is 11.9 Å². The lowest BCUT2D eigenvalue weighted by atomic mass is 10.2. The Labute approximate surface area is 127 Å². The summed E-state index contributed by atoms with van der Waals surface area (Å²) >= 11 is 0. The number of nitrogens with zero attached hydrogens (tertiary/aromatic N) is 3. The molecule has 1 aliphatic carbocycles. The molecular formula is C14H20F3N5. The summed E-state index contributed by atoms with van der Waals surface area (Å²) in [7, 11) is 0. The Morgan fingerprint density at radius 2 is 1.68 bits per heavy atom. The molecule has 8 heteroatoms. The first kappa shape index (κ1) is 16.5. The van der Waals surface area contributed by atoms with Crippen LogP contribution >= 0.6 is 0 Å². The molecule has 0 bridgehead atoms. The second kappa shape index (κ2) is 6.50. The molecule has 1 heterocycles. The number of aromatic nitrogens is 3. The van der Waals surface area contributed by atoms with Gasteiger partial charge in [0.15, 0.2) is 5.82 Å². The molecule has 1 atom stereocenters. The van der Waals surface area contributed by atoms with Gasteiger partial charge in [-0.1, -0.05) is 6.08 Å². The largest absolute Gasteiger partial charge is 0.408 e. The fraction of sp³-hybridized carbons (Fsp3) is 0.643. The van der Waals surface area contributed by atoms with Gasteiger partial charge in [-0.15, -0.1) is 0 Å². The van der Waals surface area contributed by atoms with Crippen molar-refractivity contribution < 1.29 is 13.2 Å². The quantitative estimate of drug-likeness (QED) is 0.869. The van der Waals surface area contributed by atoms with Crippen LogP contribution in [0.15, 0.2) is 6.08 Å². The molecule has 5 nitrogen and oxygen atoms in total. The Morgan fingerprint density at radius 1 is 1.05 bits per heavy atom. The highest BCUT2D eigenvalue weighted by molar-refractivity contribution is 5.63. The fourth-order valence-electron chi connectivity index (χ4n) is 2.06. The van der Waals surface area contributed by atoms with Gasteiger partial charge in [0.05, 0.1) is 0 Å². The standard InChI is InChI=1S/C14H20F3N5/c1-8(2)18-12-20-11(10-6-4-5-7-10)21-13(22-12)19-9(3)14(15,16)17/h6,8-9H,4-5,7H2,1-3H3,(H2,18,19,20,21,22)/t9-/m1/s1. The summed E-state index contributed by atoms with van der Waals surface area (Å²) in [5, 5.41) is 5.32. The Bertz CT molecular complexity index is 554. The van der Waals surface area contributed by atoms with Gasteiger partial charge in [0.2, 0.25) is 11.9 Å². The van der Waals surface area contributed by atoms with E-state index in [4.69, 9.17) is 0 Å². The van der Waals surface area contributed by atoms with E-state index in [1.165, 1.54) is 0 Å². The van der Waals surface area contributed by atoms with E-state index in [9.17, 15) is 13.2 Å². The van der Waals surface area contributed by atoms with Gasteiger partial charge in [0.25, 0.3) is 0 Å². The summed E-state index contributed by atoms with van der Waals surface area (Å²) in [4.78, 5) is 12.5. The third kappa shape index (κ3) is 4.32. The average molecular weight is 315 g/mol. The number of rotatable bonds is 5. The van der Waals surface area contributed by atoms with E-state index >= 15 is 0 Å². The number of nitrogens with one attached hydrogen (secondary N) is 2. The predicted molar refractivity (Wildman–Crippen MR) is 79.6 cm³/mol. The van der Waals surface area contributed by atoms with E-state index in [-0.39, 0.29) is 17.9 Å². The zero-order chi connectivity index (χ0) is 16.3. The molecule has 1 aliphatic rings. The first-order valence-electron chi connectivity index (χ1n) is 7.31. The van der Waals surface area contributed by atoms with Crippen molar-refractivity contribution >= 4 is 17.5 Å². The molecule has 0 aromatic carbocycles. The van der Waals surface area contributed by atoms with Gasteiger partial charge >= 0.3 is 6.18 Å². The van der Waals surface area contributed by atoms with Crippen molar-refractivity contribution in [1.29, 1.82) is 0 Å². The van der Waals surface area contributed by atoms with Crippen LogP contribution in [0.3, 0.4) is 0 Å². The van der Waals surface area contributed by atoms with E-state index in [0.717, 1.165) is 31.8 Å². The van der Waals surface area contributed by atoms with E-state index in [1.54, 1.807) is 0 Å². The third-order valence-corrected chi connectivity index (χ3v) is 3.22. The molecule has 1 aromatic heterocycles. The van der Waals surface area contributed by atoms with Crippen molar-refractivity contribution in [3.63, 3.8) is 0 Å². The summed E-state index contributed by atoms with van der Waals surface area (Å²) in [5.74, 6) is 0.656. The topological polar surface area (TPSA) is 62.7 Å². The molecule has 0 fully saturated rings. The zero-order valence-corrected chi connectivity index (χ0v) is 12.8. The minimum Gasteiger partial charge on any atom is -0.352 e. The number of halogens is 3. The minimum atomic E-state index is -4.36. The summed E-state index contributed by atoms with van der Waals surface area (Å²) in [6.45, 7) is 4.85. The first-order chi connectivity index (χ1) is 10.3. The van der Waals surface area contributed by atoms with Gasteiger partial charge < -0.3 is 10.6 Å². The highest BCUT2D eigenvalue weighted by atomic mass is 19.4. The Balaban J connectivity index is 2.29. The van der Waals surface area contributed by atoms with Crippen LogP contribution in [0.25, 0.3) is 5.57 Å². The van der Waals surface area contributed by atoms with Crippen molar-refractivity contribution in [2.75, 3.05) is 10.6 Å².